The third-order valence-electron chi connectivity index (χ3n) is 3.41. The molecule has 7 nitrogen and oxygen atoms in total. The van der Waals surface area contributed by atoms with Crippen LogP contribution in [-0.2, 0) is 0 Å². The molecule has 1 heterocycles. The average Bonchev–Trinajstić information content (AvgIpc) is 3.28. The molecule has 2 rings (SSSR count). The number of rotatable bonds is 8. The van der Waals surface area contributed by atoms with Crippen LogP contribution >= 0.6 is 0 Å². The Morgan fingerprint density at radius 1 is 1.48 bits per heavy atom. The van der Waals surface area contributed by atoms with E-state index in [1.54, 1.807) is 0 Å². The molecule has 0 aliphatic heterocycles. The first-order valence-corrected chi connectivity index (χ1v) is 7.28. The number of carbonyl (C=O) groups is 1. The van der Waals surface area contributed by atoms with Crippen LogP contribution in [-0.4, -0.2) is 28.9 Å². The van der Waals surface area contributed by atoms with Gasteiger partial charge in [0.25, 0.3) is 11.6 Å². The van der Waals surface area contributed by atoms with Crippen molar-refractivity contribution in [2.24, 2.45) is 5.92 Å². The Morgan fingerprint density at radius 2 is 2.24 bits per heavy atom. The molecule has 7 heteroatoms. The third-order valence-corrected chi connectivity index (χ3v) is 3.41. The Labute approximate surface area is 123 Å². The molecule has 114 valence electrons. The molecular formula is C14H20N4O3. The van der Waals surface area contributed by atoms with E-state index in [4.69, 9.17) is 0 Å². The fourth-order valence-corrected chi connectivity index (χ4v) is 2.00. The molecule has 0 saturated heterocycles. The van der Waals surface area contributed by atoms with Crippen molar-refractivity contribution < 1.29 is 9.72 Å². The van der Waals surface area contributed by atoms with Crippen LogP contribution in [0.2, 0.25) is 0 Å². The molecule has 0 aromatic carbocycles. The van der Waals surface area contributed by atoms with Gasteiger partial charge in [-0.05, 0) is 18.8 Å². The van der Waals surface area contributed by atoms with Crippen molar-refractivity contribution in [1.29, 1.82) is 0 Å². The molecule has 1 amide bonds. The molecule has 0 spiro atoms. The van der Waals surface area contributed by atoms with Gasteiger partial charge in [0.05, 0.1) is 10.5 Å². The summed E-state index contributed by atoms with van der Waals surface area (Å²) in [5.41, 5.74) is 0.0536. The van der Waals surface area contributed by atoms with Gasteiger partial charge in [-0.15, -0.1) is 0 Å². The van der Waals surface area contributed by atoms with Gasteiger partial charge in [-0.1, -0.05) is 19.8 Å². The fraction of sp³-hybridized carbons (Fsp3) is 0.571. The molecular weight excluding hydrogens is 272 g/mol. The van der Waals surface area contributed by atoms with Gasteiger partial charge in [0.15, 0.2) is 0 Å². The van der Waals surface area contributed by atoms with Gasteiger partial charge in [0.1, 0.15) is 12.0 Å². The number of anilines is 1. The van der Waals surface area contributed by atoms with E-state index in [1.165, 1.54) is 25.1 Å². The van der Waals surface area contributed by atoms with Crippen LogP contribution in [0.1, 0.15) is 43.0 Å². The lowest BCUT2D eigenvalue weighted by molar-refractivity contribution is -0.385. The Kier molecular flexibility index (Phi) is 5.08. The number of hydrogen-bond donors (Lipinski definition) is 2. The zero-order chi connectivity index (χ0) is 15.2. The van der Waals surface area contributed by atoms with E-state index in [1.807, 2.05) is 6.92 Å². The Hall–Kier alpha value is -2.18. The average molecular weight is 292 g/mol. The zero-order valence-corrected chi connectivity index (χ0v) is 12.1. The maximum atomic E-state index is 12.2. The highest BCUT2D eigenvalue weighted by Gasteiger charge is 2.22. The molecule has 2 N–H and O–H groups in total. The minimum Gasteiger partial charge on any atom is -0.369 e. The number of aromatic nitrogens is 1. The molecule has 1 aliphatic rings. The minimum atomic E-state index is -0.544. The van der Waals surface area contributed by atoms with Gasteiger partial charge >= 0.3 is 0 Å². The molecule has 1 aromatic rings. The lowest BCUT2D eigenvalue weighted by atomic mass is 10.2. The molecule has 1 fully saturated rings. The first-order chi connectivity index (χ1) is 10.1. The Balaban J connectivity index is 2.08. The van der Waals surface area contributed by atoms with E-state index in [0.717, 1.165) is 18.8 Å². The summed E-state index contributed by atoms with van der Waals surface area (Å²) in [7, 11) is 0. The third kappa shape index (κ3) is 4.40. The summed E-state index contributed by atoms with van der Waals surface area (Å²) in [6.45, 7) is 3.25. The van der Waals surface area contributed by atoms with Crippen LogP contribution in [0.3, 0.4) is 0 Å². The summed E-state index contributed by atoms with van der Waals surface area (Å²) in [5.74, 6) is 0.808. The van der Waals surface area contributed by atoms with E-state index in [2.05, 4.69) is 15.6 Å². The highest BCUT2D eigenvalue weighted by atomic mass is 16.6. The summed E-state index contributed by atoms with van der Waals surface area (Å²) in [4.78, 5) is 26.5. The number of amides is 1. The first-order valence-electron chi connectivity index (χ1n) is 7.28. The maximum Gasteiger partial charge on any atom is 0.288 e. The van der Waals surface area contributed by atoms with Gasteiger partial charge in [0.2, 0.25) is 0 Å². The number of nitrogens with zero attached hydrogens (tertiary/aromatic N) is 2. The van der Waals surface area contributed by atoms with Crippen LogP contribution in [0.4, 0.5) is 11.5 Å². The second-order valence-corrected chi connectivity index (χ2v) is 5.26. The van der Waals surface area contributed by atoms with Gasteiger partial charge in [-0.2, -0.15) is 0 Å². The van der Waals surface area contributed by atoms with E-state index in [9.17, 15) is 14.9 Å². The standard InChI is InChI=1S/C14H20N4O3/c1-2-6-15-13-12(8-11(9-17-13)18(20)21)14(19)16-7-5-10-3-4-10/h8-10H,2-7H2,1H3,(H,15,17)(H,16,19). The topological polar surface area (TPSA) is 97.2 Å². The van der Waals surface area contributed by atoms with Crippen LogP contribution in [0.15, 0.2) is 12.3 Å². The van der Waals surface area contributed by atoms with Crippen molar-refractivity contribution in [2.75, 3.05) is 18.4 Å². The monoisotopic (exact) mass is 292 g/mol. The summed E-state index contributed by atoms with van der Waals surface area (Å²) < 4.78 is 0. The van der Waals surface area contributed by atoms with E-state index >= 15 is 0 Å². The molecule has 1 aliphatic carbocycles. The predicted molar refractivity (Wildman–Crippen MR) is 79.3 cm³/mol. The highest BCUT2D eigenvalue weighted by molar-refractivity contribution is 5.99. The predicted octanol–water partition coefficient (Wildman–Crippen LogP) is 2.34. The highest BCUT2D eigenvalue weighted by Crippen LogP contribution is 2.31. The molecule has 21 heavy (non-hydrogen) atoms. The lowest BCUT2D eigenvalue weighted by Crippen LogP contribution is -2.26. The summed E-state index contributed by atoms with van der Waals surface area (Å²) in [6.07, 6.45) is 5.47. The summed E-state index contributed by atoms with van der Waals surface area (Å²) in [5, 5.41) is 16.7. The zero-order valence-electron chi connectivity index (χ0n) is 12.1. The van der Waals surface area contributed by atoms with Crippen molar-refractivity contribution in [2.45, 2.75) is 32.6 Å². The first kappa shape index (κ1) is 15.2. The normalized spacial score (nSPS) is 13.8. The number of carbonyl (C=O) groups excluding carboxylic acids is 1. The van der Waals surface area contributed by atoms with Crippen LogP contribution in [0, 0.1) is 16.0 Å². The number of nitro groups is 1. The van der Waals surface area contributed by atoms with Crippen molar-refractivity contribution in [1.82, 2.24) is 10.3 Å². The van der Waals surface area contributed by atoms with Crippen molar-refractivity contribution in [3.8, 4) is 0 Å². The van der Waals surface area contributed by atoms with Crippen LogP contribution in [0.5, 0.6) is 0 Å². The quantitative estimate of drug-likeness (QED) is 0.566. The lowest BCUT2D eigenvalue weighted by Gasteiger charge is -2.10. The Bertz CT molecular complexity index is 529. The number of hydrogen-bond acceptors (Lipinski definition) is 5. The SMILES string of the molecule is CCCNc1ncc([N+](=O)[O-])cc1C(=O)NCCC1CC1. The van der Waals surface area contributed by atoms with E-state index in [-0.39, 0.29) is 17.2 Å². The van der Waals surface area contributed by atoms with E-state index in [0.29, 0.717) is 18.9 Å². The van der Waals surface area contributed by atoms with Gasteiger partial charge in [-0.25, -0.2) is 4.98 Å². The molecule has 1 aromatic heterocycles. The van der Waals surface area contributed by atoms with Crippen LogP contribution < -0.4 is 10.6 Å². The molecule has 0 unspecified atom stereocenters. The second kappa shape index (κ2) is 7.01. The van der Waals surface area contributed by atoms with Crippen molar-refractivity contribution >= 4 is 17.4 Å². The minimum absolute atomic E-state index is 0.176. The maximum absolute atomic E-state index is 12.2. The number of pyridine rings is 1. The summed E-state index contributed by atoms with van der Waals surface area (Å²) >= 11 is 0. The second-order valence-electron chi connectivity index (χ2n) is 5.26. The van der Waals surface area contributed by atoms with Gasteiger partial charge in [0, 0.05) is 19.2 Å². The molecule has 1 saturated carbocycles. The van der Waals surface area contributed by atoms with Crippen molar-refractivity contribution in [3.05, 3.63) is 27.9 Å². The van der Waals surface area contributed by atoms with Gasteiger partial charge < -0.3 is 10.6 Å². The largest absolute Gasteiger partial charge is 0.369 e. The molecule has 0 atom stereocenters. The van der Waals surface area contributed by atoms with Crippen LogP contribution in [0.25, 0.3) is 0 Å². The van der Waals surface area contributed by atoms with Gasteiger partial charge in [-0.3, -0.25) is 14.9 Å². The molecule has 0 bridgehead atoms. The van der Waals surface area contributed by atoms with E-state index < -0.39 is 4.92 Å². The molecule has 0 radical (unpaired) electrons. The smallest absolute Gasteiger partial charge is 0.288 e. The number of nitrogens with one attached hydrogen (secondary N) is 2. The van der Waals surface area contributed by atoms with Crippen molar-refractivity contribution in [3.63, 3.8) is 0 Å². The Morgan fingerprint density at radius 3 is 2.86 bits per heavy atom. The summed E-state index contributed by atoms with van der Waals surface area (Å²) in [6, 6.07) is 1.28. The fourth-order valence-electron chi connectivity index (χ4n) is 2.00.